The van der Waals surface area contributed by atoms with Gasteiger partial charge in [0.2, 0.25) is 0 Å². The van der Waals surface area contributed by atoms with Crippen molar-refractivity contribution in [1.82, 2.24) is 15.1 Å². The van der Waals surface area contributed by atoms with E-state index in [1.54, 1.807) is 6.20 Å². The van der Waals surface area contributed by atoms with Gasteiger partial charge in [-0.15, -0.1) is 0 Å². The van der Waals surface area contributed by atoms with E-state index in [0.29, 0.717) is 0 Å². The molecule has 1 N–H and O–H groups in total. The van der Waals surface area contributed by atoms with Gasteiger partial charge in [-0.05, 0) is 34.6 Å². The summed E-state index contributed by atoms with van der Waals surface area (Å²) in [6.07, 6.45) is 3.74. The monoisotopic (exact) mass is 265 g/mol. The Morgan fingerprint density at radius 1 is 1.40 bits per heavy atom. The van der Waals surface area contributed by atoms with Gasteiger partial charge in [0.25, 0.3) is 0 Å². The van der Waals surface area contributed by atoms with Crippen LogP contribution in [0.15, 0.2) is 41.1 Å². The van der Waals surface area contributed by atoms with Gasteiger partial charge in [0.05, 0.1) is 16.4 Å². The molecule has 0 aliphatic heterocycles. The highest BCUT2D eigenvalue weighted by Crippen LogP contribution is 2.16. The zero-order chi connectivity index (χ0) is 10.7. The van der Waals surface area contributed by atoms with Crippen LogP contribution in [0.25, 0.3) is 5.69 Å². The lowest BCUT2D eigenvalue weighted by Gasteiger charge is -2.08. The summed E-state index contributed by atoms with van der Waals surface area (Å²) in [5, 5.41) is 7.42. The van der Waals surface area contributed by atoms with E-state index in [9.17, 15) is 0 Å². The Hall–Kier alpha value is -1.13. The maximum atomic E-state index is 4.27. The van der Waals surface area contributed by atoms with Gasteiger partial charge in [-0.3, -0.25) is 0 Å². The summed E-state index contributed by atoms with van der Waals surface area (Å²) in [6, 6.07) is 8.21. The van der Waals surface area contributed by atoms with E-state index in [1.807, 2.05) is 30.1 Å². The van der Waals surface area contributed by atoms with E-state index >= 15 is 0 Å². The Kier molecular flexibility index (Phi) is 3.18. The first-order valence-corrected chi connectivity index (χ1v) is 5.53. The average molecular weight is 266 g/mol. The number of halogens is 1. The predicted molar refractivity (Wildman–Crippen MR) is 64.0 cm³/mol. The third kappa shape index (κ3) is 2.27. The van der Waals surface area contributed by atoms with Gasteiger partial charge in [0.1, 0.15) is 0 Å². The summed E-state index contributed by atoms with van der Waals surface area (Å²) in [4.78, 5) is 0. The molecule has 78 valence electrons. The number of benzene rings is 1. The number of hydrogen-bond donors (Lipinski definition) is 1. The fourth-order valence-electron chi connectivity index (χ4n) is 1.51. The van der Waals surface area contributed by atoms with Crippen LogP contribution in [0.1, 0.15) is 5.56 Å². The molecule has 3 nitrogen and oxygen atoms in total. The van der Waals surface area contributed by atoms with E-state index in [-0.39, 0.29) is 0 Å². The largest absolute Gasteiger partial charge is 0.316 e. The smallest absolute Gasteiger partial charge is 0.0690 e. The SMILES string of the molecule is CNCc1ccccc1-n1cc(Br)cn1. The Labute approximate surface area is 97.2 Å². The summed E-state index contributed by atoms with van der Waals surface area (Å²) >= 11 is 3.39. The molecule has 0 unspecified atom stereocenters. The summed E-state index contributed by atoms with van der Waals surface area (Å²) in [6.45, 7) is 0.841. The average Bonchev–Trinajstić information content (AvgIpc) is 2.66. The van der Waals surface area contributed by atoms with E-state index in [4.69, 9.17) is 0 Å². The van der Waals surface area contributed by atoms with E-state index < -0.39 is 0 Å². The molecule has 0 fully saturated rings. The van der Waals surface area contributed by atoms with Gasteiger partial charge < -0.3 is 5.32 Å². The lowest BCUT2D eigenvalue weighted by atomic mass is 10.2. The first-order valence-electron chi connectivity index (χ1n) is 4.74. The van der Waals surface area contributed by atoms with E-state index in [2.05, 4.69) is 38.5 Å². The molecule has 4 heteroatoms. The molecule has 0 saturated carbocycles. The second-order valence-corrected chi connectivity index (χ2v) is 4.18. The highest BCUT2D eigenvalue weighted by Gasteiger charge is 2.03. The van der Waals surface area contributed by atoms with Crippen molar-refractivity contribution in [2.45, 2.75) is 6.54 Å². The molecule has 0 spiro atoms. The van der Waals surface area contributed by atoms with Crippen LogP contribution in [0.4, 0.5) is 0 Å². The normalized spacial score (nSPS) is 10.5. The number of hydrogen-bond acceptors (Lipinski definition) is 2. The Morgan fingerprint density at radius 3 is 2.87 bits per heavy atom. The van der Waals surface area contributed by atoms with Crippen LogP contribution in [0.5, 0.6) is 0 Å². The zero-order valence-corrected chi connectivity index (χ0v) is 10.0. The molecule has 0 atom stereocenters. The minimum absolute atomic E-state index is 0.841. The molecule has 1 heterocycles. The minimum Gasteiger partial charge on any atom is -0.316 e. The second kappa shape index (κ2) is 4.59. The molecule has 15 heavy (non-hydrogen) atoms. The maximum absolute atomic E-state index is 4.27. The van der Waals surface area contributed by atoms with E-state index in [0.717, 1.165) is 16.7 Å². The molecule has 2 rings (SSSR count). The van der Waals surface area contributed by atoms with Crippen molar-refractivity contribution in [3.05, 3.63) is 46.7 Å². The lowest BCUT2D eigenvalue weighted by Crippen LogP contribution is -2.09. The summed E-state index contributed by atoms with van der Waals surface area (Å²) in [5.74, 6) is 0. The summed E-state index contributed by atoms with van der Waals surface area (Å²) < 4.78 is 2.86. The minimum atomic E-state index is 0.841. The number of nitrogens with one attached hydrogen (secondary N) is 1. The molecule has 0 aliphatic rings. The van der Waals surface area contributed by atoms with Gasteiger partial charge >= 0.3 is 0 Å². The van der Waals surface area contributed by atoms with Crippen LogP contribution in [-0.2, 0) is 6.54 Å². The fourth-order valence-corrected chi connectivity index (χ4v) is 1.79. The van der Waals surface area contributed by atoms with Crippen molar-refractivity contribution in [3.8, 4) is 5.69 Å². The Morgan fingerprint density at radius 2 is 2.20 bits per heavy atom. The molecule has 2 aromatic rings. The fraction of sp³-hybridized carbons (Fsp3) is 0.182. The van der Waals surface area contributed by atoms with Crippen molar-refractivity contribution in [3.63, 3.8) is 0 Å². The third-order valence-electron chi connectivity index (χ3n) is 2.16. The molecular weight excluding hydrogens is 254 g/mol. The van der Waals surface area contributed by atoms with Gasteiger partial charge in [-0.25, -0.2) is 4.68 Å². The van der Waals surface area contributed by atoms with E-state index in [1.165, 1.54) is 5.56 Å². The topological polar surface area (TPSA) is 29.9 Å². The van der Waals surface area contributed by atoms with Crippen LogP contribution in [0.2, 0.25) is 0 Å². The maximum Gasteiger partial charge on any atom is 0.0690 e. The number of para-hydroxylation sites is 1. The predicted octanol–water partition coefficient (Wildman–Crippen LogP) is 2.35. The van der Waals surface area contributed by atoms with Gasteiger partial charge in [0, 0.05) is 12.7 Å². The molecular formula is C11H12BrN3. The number of nitrogens with zero attached hydrogens (tertiary/aromatic N) is 2. The first kappa shape index (κ1) is 10.4. The van der Waals surface area contributed by atoms with Crippen molar-refractivity contribution in [2.75, 3.05) is 7.05 Å². The highest BCUT2D eigenvalue weighted by molar-refractivity contribution is 9.10. The lowest BCUT2D eigenvalue weighted by molar-refractivity contribution is 0.789. The van der Waals surface area contributed by atoms with Gasteiger partial charge in [0.15, 0.2) is 0 Å². The third-order valence-corrected chi connectivity index (χ3v) is 2.57. The molecule has 1 aromatic heterocycles. The summed E-state index contributed by atoms with van der Waals surface area (Å²) in [5.41, 5.74) is 2.34. The van der Waals surface area contributed by atoms with Crippen LogP contribution < -0.4 is 5.32 Å². The van der Waals surface area contributed by atoms with Crippen molar-refractivity contribution in [2.24, 2.45) is 0 Å². The Balaban J connectivity index is 2.42. The molecule has 0 aliphatic carbocycles. The molecule has 1 aromatic carbocycles. The quantitative estimate of drug-likeness (QED) is 0.924. The molecule has 0 amide bonds. The van der Waals surface area contributed by atoms with Crippen LogP contribution in [0, 0.1) is 0 Å². The molecule has 0 radical (unpaired) electrons. The second-order valence-electron chi connectivity index (χ2n) is 3.26. The number of rotatable bonds is 3. The Bertz CT molecular complexity index is 451. The van der Waals surface area contributed by atoms with Crippen LogP contribution >= 0.6 is 15.9 Å². The molecule has 0 saturated heterocycles. The standard InChI is InChI=1S/C11H12BrN3/c1-13-6-9-4-2-3-5-11(9)15-8-10(12)7-14-15/h2-5,7-8,13H,6H2,1H3. The van der Waals surface area contributed by atoms with Crippen LogP contribution in [0.3, 0.4) is 0 Å². The van der Waals surface area contributed by atoms with Crippen molar-refractivity contribution < 1.29 is 0 Å². The first-order chi connectivity index (χ1) is 7.31. The van der Waals surface area contributed by atoms with Crippen molar-refractivity contribution >= 4 is 15.9 Å². The van der Waals surface area contributed by atoms with Gasteiger partial charge in [-0.1, -0.05) is 18.2 Å². The van der Waals surface area contributed by atoms with Crippen molar-refractivity contribution in [1.29, 1.82) is 0 Å². The molecule has 0 bridgehead atoms. The van der Waals surface area contributed by atoms with Gasteiger partial charge in [-0.2, -0.15) is 5.10 Å². The van der Waals surface area contributed by atoms with Crippen LogP contribution in [-0.4, -0.2) is 16.8 Å². The zero-order valence-electron chi connectivity index (χ0n) is 8.44. The summed E-state index contributed by atoms with van der Waals surface area (Å²) in [7, 11) is 1.94. The number of aromatic nitrogens is 2. The highest BCUT2D eigenvalue weighted by atomic mass is 79.9.